The summed E-state index contributed by atoms with van der Waals surface area (Å²) in [4.78, 5) is 16.7. The third-order valence-corrected chi connectivity index (χ3v) is 4.93. The van der Waals surface area contributed by atoms with E-state index in [4.69, 9.17) is 4.42 Å². The molecule has 0 fully saturated rings. The second-order valence-corrected chi connectivity index (χ2v) is 6.54. The zero-order valence-corrected chi connectivity index (χ0v) is 13.3. The number of aromatic nitrogens is 1. The molecule has 22 heavy (non-hydrogen) atoms. The van der Waals surface area contributed by atoms with Gasteiger partial charge in [0.15, 0.2) is 0 Å². The van der Waals surface area contributed by atoms with Gasteiger partial charge in [0.05, 0.1) is 15.5 Å². The van der Waals surface area contributed by atoms with Crippen LogP contribution < -0.4 is 0 Å². The monoisotopic (exact) mass is 332 g/mol. The second-order valence-electron chi connectivity index (χ2n) is 4.54. The van der Waals surface area contributed by atoms with E-state index in [9.17, 15) is 10.1 Å². The lowest BCUT2D eigenvalue weighted by atomic mass is 10.3. The summed E-state index contributed by atoms with van der Waals surface area (Å²) >= 11 is 3.17. The first-order valence-corrected chi connectivity index (χ1v) is 8.37. The number of oxazole rings is 1. The molecule has 1 aromatic carbocycles. The molecule has 7 heteroatoms. The van der Waals surface area contributed by atoms with Crippen molar-refractivity contribution in [3.63, 3.8) is 0 Å². The lowest BCUT2D eigenvalue weighted by molar-refractivity contribution is -0.384. The molecule has 0 atom stereocenters. The molecule has 0 aliphatic rings. The van der Waals surface area contributed by atoms with Gasteiger partial charge >= 0.3 is 0 Å². The van der Waals surface area contributed by atoms with Gasteiger partial charge in [-0.25, -0.2) is 4.98 Å². The minimum atomic E-state index is -0.399. The van der Waals surface area contributed by atoms with Crippen LogP contribution >= 0.6 is 23.1 Å². The molecule has 5 nitrogen and oxygen atoms in total. The molecule has 0 spiro atoms. The van der Waals surface area contributed by atoms with E-state index in [1.54, 1.807) is 35.2 Å². The molecular formula is C15H12N2O3S2. The number of hydrogen-bond donors (Lipinski definition) is 0. The number of nitro groups is 1. The lowest BCUT2D eigenvalue weighted by Gasteiger charge is -1.99. The second kappa shape index (κ2) is 6.33. The highest BCUT2D eigenvalue weighted by atomic mass is 32.2. The molecular weight excluding hydrogens is 320 g/mol. The molecule has 0 unspecified atom stereocenters. The quantitative estimate of drug-likeness (QED) is 0.377. The minimum absolute atomic E-state index is 0.0990. The molecule has 3 rings (SSSR count). The number of thioether (sulfide) groups is 1. The Morgan fingerprint density at radius 3 is 2.73 bits per heavy atom. The third kappa shape index (κ3) is 3.20. The first kappa shape index (κ1) is 14.8. The molecule has 0 bridgehead atoms. The van der Waals surface area contributed by atoms with Crippen LogP contribution in [0.5, 0.6) is 0 Å². The number of nitro benzene ring substituents is 1. The summed E-state index contributed by atoms with van der Waals surface area (Å²) in [5.41, 5.74) is 0.994. The molecule has 2 aromatic heterocycles. The van der Waals surface area contributed by atoms with Gasteiger partial charge in [-0.1, -0.05) is 6.07 Å². The first-order valence-electron chi connectivity index (χ1n) is 6.51. The van der Waals surface area contributed by atoms with Gasteiger partial charge in [-0.2, -0.15) is 0 Å². The maximum absolute atomic E-state index is 10.6. The van der Waals surface area contributed by atoms with Crippen molar-refractivity contribution in [2.24, 2.45) is 0 Å². The van der Waals surface area contributed by atoms with Crippen LogP contribution in [0.15, 0.2) is 51.1 Å². The Bertz CT molecular complexity index is 780. The van der Waals surface area contributed by atoms with Crippen molar-refractivity contribution in [3.8, 4) is 10.8 Å². The number of aryl methyl sites for hydroxylation is 1. The number of nitrogens with zero attached hydrogens (tertiary/aromatic N) is 2. The standard InChI is InChI=1S/C15H12N2O3S2/c1-10-13(16-15(20-10)14-3-2-8-21-14)9-22-12-6-4-11(5-7-12)17(18)19/h2-8H,9H2,1H3. The minimum Gasteiger partial charge on any atom is -0.440 e. The molecule has 0 saturated heterocycles. The average molecular weight is 332 g/mol. The molecule has 0 radical (unpaired) electrons. The molecule has 0 saturated carbocycles. The van der Waals surface area contributed by atoms with Gasteiger partial charge in [-0.3, -0.25) is 10.1 Å². The predicted molar refractivity (Wildman–Crippen MR) is 87.2 cm³/mol. The summed E-state index contributed by atoms with van der Waals surface area (Å²) in [5.74, 6) is 2.11. The fourth-order valence-electron chi connectivity index (χ4n) is 1.88. The van der Waals surface area contributed by atoms with Gasteiger partial charge in [0.25, 0.3) is 5.69 Å². The van der Waals surface area contributed by atoms with Crippen molar-refractivity contribution in [3.05, 3.63) is 63.3 Å². The average Bonchev–Trinajstić information content (AvgIpc) is 3.15. The highest BCUT2D eigenvalue weighted by molar-refractivity contribution is 7.98. The smallest absolute Gasteiger partial charge is 0.269 e. The molecule has 0 N–H and O–H groups in total. The van der Waals surface area contributed by atoms with E-state index >= 15 is 0 Å². The van der Waals surface area contributed by atoms with Crippen molar-refractivity contribution in [1.82, 2.24) is 4.98 Å². The first-order chi connectivity index (χ1) is 10.6. The van der Waals surface area contributed by atoms with Gasteiger partial charge < -0.3 is 4.42 Å². The van der Waals surface area contributed by atoms with Crippen LogP contribution in [-0.2, 0) is 5.75 Å². The van der Waals surface area contributed by atoms with E-state index in [0.717, 1.165) is 21.2 Å². The normalized spacial score (nSPS) is 10.8. The zero-order chi connectivity index (χ0) is 15.5. The highest BCUT2D eigenvalue weighted by Gasteiger charge is 2.12. The fraction of sp³-hybridized carbons (Fsp3) is 0.133. The van der Waals surface area contributed by atoms with Crippen LogP contribution in [0.25, 0.3) is 10.8 Å². The Labute approximate surface area is 135 Å². The largest absolute Gasteiger partial charge is 0.440 e. The Kier molecular flexibility index (Phi) is 4.26. The molecule has 0 amide bonds. The van der Waals surface area contributed by atoms with Crippen LogP contribution in [-0.4, -0.2) is 9.91 Å². The van der Waals surface area contributed by atoms with Crippen LogP contribution in [0.1, 0.15) is 11.5 Å². The van der Waals surface area contributed by atoms with Gasteiger partial charge in [0, 0.05) is 22.8 Å². The number of non-ortho nitro benzene ring substituents is 1. The maximum atomic E-state index is 10.6. The Morgan fingerprint density at radius 2 is 2.09 bits per heavy atom. The van der Waals surface area contributed by atoms with Crippen LogP contribution in [0.3, 0.4) is 0 Å². The summed E-state index contributed by atoms with van der Waals surface area (Å²) in [6.07, 6.45) is 0. The van der Waals surface area contributed by atoms with Gasteiger partial charge in [0.1, 0.15) is 5.76 Å². The van der Waals surface area contributed by atoms with Crippen molar-refractivity contribution < 1.29 is 9.34 Å². The predicted octanol–water partition coefficient (Wildman–Crippen LogP) is 4.91. The van der Waals surface area contributed by atoms with E-state index in [1.165, 1.54) is 12.1 Å². The number of hydrogen-bond acceptors (Lipinski definition) is 6. The molecule has 2 heterocycles. The van der Waals surface area contributed by atoms with Gasteiger partial charge in [-0.15, -0.1) is 23.1 Å². The van der Waals surface area contributed by atoms with E-state index in [-0.39, 0.29) is 5.69 Å². The zero-order valence-electron chi connectivity index (χ0n) is 11.7. The maximum Gasteiger partial charge on any atom is 0.269 e. The number of rotatable bonds is 5. The van der Waals surface area contributed by atoms with Crippen molar-refractivity contribution in [2.75, 3.05) is 0 Å². The molecule has 3 aromatic rings. The summed E-state index contributed by atoms with van der Waals surface area (Å²) in [6, 6.07) is 10.5. The molecule has 112 valence electrons. The summed E-state index contributed by atoms with van der Waals surface area (Å²) in [7, 11) is 0. The van der Waals surface area contributed by atoms with E-state index in [1.807, 2.05) is 24.4 Å². The highest BCUT2D eigenvalue weighted by Crippen LogP contribution is 2.30. The Morgan fingerprint density at radius 1 is 1.32 bits per heavy atom. The van der Waals surface area contributed by atoms with Crippen LogP contribution in [0.4, 0.5) is 5.69 Å². The van der Waals surface area contributed by atoms with Gasteiger partial charge in [-0.05, 0) is 30.5 Å². The summed E-state index contributed by atoms with van der Waals surface area (Å²) in [5, 5.41) is 12.6. The van der Waals surface area contributed by atoms with Crippen LogP contribution in [0, 0.1) is 17.0 Å². The number of thiophene rings is 1. The molecule has 0 aliphatic carbocycles. The van der Waals surface area contributed by atoms with Gasteiger partial charge in [0.2, 0.25) is 5.89 Å². The number of benzene rings is 1. The van der Waals surface area contributed by atoms with Crippen molar-refractivity contribution in [1.29, 1.82) is 0 Å². The van der Waals surface area contributed by atoms with E-state index in [0.29, 0.717) is 11.6 Å². The van der Waals surface area contributed by atoms with E-state index < -0.39 is 4.92 Å². The van der Waals surface area contributed by atoms with E-state index in [2.05, 4.69) is 4.98 Å². The topological polar surface area (TPSA) is 69.2 Å². The molecule has 0 aliphatic heterocycles. The Balaban J connectivity index is 1.70. The third-order valence-electron chi connectivity index (χ3n) is 3.05. The van der Waals surface area contributed by atoms with Crippen molar-refractivity contribution >= 4 is 28.8 Å². The lowest BCUT2D eigenvalue weighted by Crippen LogP contribution is -1.87. The van der Waals surface area contributed by atoms with Crippen molar-refractivity contribution in [2.45, 2.75) is 17.6 Å². The Hall–Kier alpha value is -2.12. The summed E-state index contributed by atoms with van der Waals surface area (Å²) in [6.45, 7) is 1.90. The SMILES string of the molecule is Cc1oc(-c2cccs2)nc1CSc1ccc([N+](=O)[O-])cc1. The van der Waals surface area contributed by atoms with Crippen LogP contribution in [0.2, 0.25) is 0 Å². The summed E-state index contributed by atoms with van der Waals surface area (Å²) < 4.78 is 5.69. The fourth-order valence-corrected chi connectivity index (χ4v) is 3.43.